The lowest BCUT2D eigenvalue weighted by Gasteiger charge is -1.96. The van der Waals surface area contributed by atoms with Crippen molar-refractivity contribution in [2.75, 3.05) is 0 Å². The highest BCUT2D eigenvalue weighted by molar-refractivity contribution is 7.89. The van der Waals surface area contributed by atoms with Gasteiger partial charge in [0.15, 0.2) is 0 Å². The first kappa shape index (κ1) is 9.23. The average Bonchev–Trinajstić information content (AvgIpc) is 2.39. The molecule has 62 valence electrons. The second kappa shape index (κ2) is 4.91. The predicted molar refractivity (Wildman–Crippen MR) is 54.2 cm³/mol. The fourth-order valence-electron chi connectivity index (χ4n) is 1.15. The van der Waals surface area contributed by atoms with E-state index in [0.717, 1.165) is 8.03 Å². The highest BCUT2D eigenvalue weighted by Gasteiger charge is 2.02. The Morgan fingerprint density at radius 1 is 1.27 bits per heavy atom. The van der Waals surface area contributed by atoms with Crippen LogP contribution in [0.1, 0.15) is 37.7 Å². The Morgan fingerprint density at radius 3 is 2.64 bits per heavy atom. The molecule has 1 atom stereocenters. The minimum atomic E-state index is 0.812. The van der Waals surface area contributed by atoms with Crippen LogP contribution < -0.4 is 0 Å². The summed E-state index contributed by atoms with van der Waals surface area (Å²) in [6.07, 6.45) is 4.99. The van der Waals surface area contributed by atoms with Crippen LogP contribution in [0.25, 0.3) is 0 Å². The Morgan fingerprint density at radius 2 is 2.00 bits per heavy atom. The topological polar surface area (TPSA) is 12.9 Å². The van der Waals surface area contributed by atoms with Gasteiger partial charge >= 0.3 is 0 Å². The third-order valence-electron chi connectivity index (χ3n) is 1.68. The zero-order chi connectivity index (χ0) is 8.10. The fourth-order valence-corrected chi connectivity index (χ4v) is 4.00. The van der Waals surface area contributed by atoms with Gasteiger partial charge in [0.1, 0.15) is 0 Å². The van der Waals surface area contributed by atoms with E-state index in [0.29, 0.717) is 0 Å². The van der Waals surface area contributed by atoms with Crippen molar-refractivity contribution in [3.8, 4) is 0 Å². The lowest BCUT2D eigenvalue weighted by molar-refractivity contribution is 0.857. The molecule has 0 aliphatic heterocycles. The molecule has 0 amide bonds. The van der Waals surface area contributed by atoms with Crippen LogP contribution >= 0.6 is 15.9 Å². The van der Waals surface area contributed by atoms with Crippen LogP contribution in [-0.2, 0) is 12.8 Å². The van der Waals surface area contributed by atoms with Crippen LogP contribution in [0, 0.1) is 0 Å². The molecule has 0 N–H and O–H groups in total. The molecular formula is C8H15NP2. The standard InChI is InChI=1S/C8H15NP2/c1-3-5-7-8(6-4-2)10-11-9-7/h11H,3-6H2,1-2H3. The monoisotopic (exact) mass is 187 g/mol. The molecule has 1 heterocycles. The molecule has 0 radical (unpaired) electrons. The summed E-state index contributed by atoms with van der Waals surface area (Å²) in [5.74, 6) is 0. The average molecular weight is 187 g/mol. The molecule has 0 aliphatic rings. The van der Waals surface area contributed by atoms with Gasteiger partial charge in [-0.3, -0.25) is 0 Å². The summed E-state index contributed by atoms with van der Waals surface area (Å²) in [4.78, 5) is 0. The molecule has 11 heavy (non-hydrogen) atoms. The highest BCUT2D eigenvalue weighted by atomic mass is 31.8. The summed E-state index contributed by atoms with van der Waals surface area (Å²) in [6.45, 7) is 4.47. The Hall–Kier alpha value is 0.140. The van der Waals surface area contributed by atoms with Crippen LogP contribution in [0.3, 0.4) is 0 Å². The Kier molecular flexibility index (Phi) is 4.12. The van der Waals surface area contributed by atoms with Crippen molar-refractivity contribution in [3.63, 3.8) is 0 Å². The van der Waals surface area contributed by atoms with Crippen molar-refractivity contribution >= 4 is 15.9 Å². The SMILES string of the molecule is CCCc1n[pH]pc1CCC. The summed E-state index contributed by atoms with van der Waals surface area (Å²) in [5, 5.41) is 1.62. The van der Waals surface area contributed by atoms with E-state index in [-0.39, 0.29) is 0 Å². The fraction of sp³-hybridized carbons (Fsp3) is 0.750. The predicted octanol–water partition coefficient (Wildman–Crippen LogP) is 3.60. The third kappa shape index (κ3) is 2.58. The van der Waals surface area contributed by atoms with Crippen LogP contribution in [0.15, 0.2) is 0 Å². The van der Waals surface area contributed by atoms with Gasteiger partial charge in [-0.05, 0) is 28.7 Å². The summed E-state index contributed by atoms with van der Waals surface area (Å²) < 4.78 is 4.52. The number of nitrogens with zero attached hydrogens (tertiary/aromatic N) is 1. The van der Waals surface area contributed by atoms with Crippen LogP contribution in [0.4, 0.5) is 0 Å². The van der Waals surface area contributed by atoms with E-state index in [1.54, 1.807) is 5.30 Å². The first-order valence-corrected chi connectivity index (χ1v) is 6.95. The molecule has 1 aromatic rings. The van der Waals surface area contributed by atoms with Gasteiger partial charge < -0.3 is 0 Å². The lowest BCUT2D eigenvalue weighted by Crippen LogP contribution is -1.88. The molecule has 0 saturated carbocycles. The number of hydrogen-bond acceptors (Lipinski definition) is 1. The van der Waals surface area contributed by atoms with Crippen molar-refractivity contribution in [2.24, 2.45) is 0 Å². The van der Waals surface area contributed by atoms with Crippen molar-refractivity contribution in [1.29, 1.82) is 0 Å². The first-order valence-electron chi connectivity index (χ1n) is 4.27. The molecule has 1 aromatic heterocycles. The highest BCUT2D eigenvalue weighted by Crippen LogP contribution is 2.29. The van der Waals surface area contributed by atoms with Crippen molar-refractivity contribution in [2.45, 2.75) is 39.5 Å². The van der Waals surface area contributed by atoms with E-state index in [4.69, 9.17) is 0 Å². The first-order chi connectivity index (χ1) is 5.38. The Labute approximate surface area is 71.8 Å². The van der Waals surface area contributed by atoms with Crippen molar-refractivity contribution in [1.82, 2.24) is 4.75 Å². The van der Waals surface area contributed by atoms with Gasteiger partial charge in [-0.1, -0.05) is 26.7 Å². The normalized spacial score (nSPS) is 11.8. The molecule has 0 aliphatic carbocycles. The smallest absolute Gasteiger partial charge is 0.0526 e. The summed E-state index contributed by atoms with van der Waals surface area (Å²) >= 11 is 0. The van der Waals surface area contributed by atoms with Crippen molar-refractivity contribution < 1.29 is 0 Å². The number of aromatic nitrogens is 1. The van der Waals surface area contributed by atoms with Gasteiger partial charge in [-0.25, -0.2) is 4.75 Å². The number of rotatable bonds is 4. The zero-order valence-electron chi connectivity index (χ0n) is 7.22. The maximum absolute atomic E-state index is 4.52. The zero-order valence-corrected chi connectivity index (χ0v) is 9.12. The van der Waals surface area contributed by atoms with E-state index < -0.39 is 0 Å². The van der Waals surface area contributed by atoms with E-state index in [2.05, 4.69) is 18.6 Å². The molecular weight excluding hydrogens is 172 g/mol. The van der Waals surface area contributed by atoms with Gasteiger partial charge in [0.05, 0.1) is 5.69 Å². The van der Waals surface area contributed by atoms with Crippen LogP contribution in [0.2, 0.25) is 0 Å². The van der Waals surface area contributed by atoms with Gasteiger partial charge in [-0.2, -0.15) is 0 Å². The quantitative estimate of drug-likeness (QED) is 0.701. The molecule has 1 nitrogen and oxygen atoms in total. The van der Waals surface area contributed by atoms with E-state index >= 15 is 0 Å². The number of aryl methyl sites for hydroxylation is 2. The van der Waals surface area contributed by atoms with Gasteiger partial charge in [0, 0.05) is 5.30 Å². The van der Waals surface area contributed by atoms with E-state index in [1.807, 2.05) is 0 Å². The maximum Gasteiger partial charge on any atom is 0.0526 e. The minimum absolute atomic E-state index is 0.812. The minimum Gasteiger partial charge on any atom is -0.240 e. The molecule has 0 aromatic carbocycles. The maximum atomic E-state index is 4.52. The van der Waals surface area contributed by atoms with Crippen molar-refractivity contribution in [3.05, 3.63) is 11.0 Å². The summed E-state index contributed by atoms with van der Waals surface area (Å²) in [5.41, 5.74) is 1.43. The summed E-state index contributed by atoms with van der Waals surface area (Å²) in [7, 11) is 2.31. The van der Waals surface area contributed by atoms with Gasteiger partial charge in [0.2, 0.25) is 0 Å². The second-order valence-electron chi connectivity index (χ2n) is 2.72. The summed E-state index contributed by atoms with van der Waals surface area (Å²) in [6, 6.07) is 0. The Balaban J connectivity index is 2.62. The third-order valence-corrected chi connectivity index (χ3v) is 4.31. The van der Waals surface area contributed by atoms with E-state index in [9.17, 15) is 0 Å². The number of hydrogen-bond donors (Lipinski definition) is 0. The van der Waals surface area contributed by atoms with Gasteiger partial charge in [-0.15, -0.1) is 0 Å². The molecule has 1 unspecified atom stereocenters. The molecule has 0 fully saturated rings. The van der Waals surface area contributed by atoms with E-state index in [1.165, 1.54) is 39.2 Å². The largest absolute Gasteiger partial charge is 0.240 e. The lowest BCUT2D eigenvalue weighted by atomic mass is 10.2. The molecule has 1 rings (SSSR count). The van der Waals surface area contributed by atoms with Crippen LogP contribution in [-0.4, -0.2) is 4.75 Å². The van der Waals surface area contributed by atoms with Gasteiger partial charge in [0.25, 0.3) is 0 Å². The van der Waals surface area contributed by atoms with Crippen LogP contribution in [0.5, 0.6) is 0 Å². The molecule has 0 spiro atoms. The Bertz CT molecular complexity index is 187. The molecule has 3 heteroatoms. The second-order valence-corrected chi connectivity index (χ2v) is 5.17. The molecule has 0 bridgehead atoms. The molecule has 0 saturated heterocycles.